The molecule has 0 aromatic heterocycles. The zero-order valence-corrected chi connectivity index (χ0v) is 17.8. The molecule has 156 valence electrons. The lowest BCUT2D eigenvalue weighted by atomic mass is 9.99. The van der Waals surface area contributed by atoms with Crippen molar-refractivity contribution < 1.29 is 17.9 Å². The molecule has 1 aliphatic heterocycles. The number of amides is 1. The summed E-state index contributed by atoms with van der Waals surface area (Å²) in [5, 5.41) is 1.65. The first-order chi connectivity index (χ1) is 14.0. The molecule has 0 spiro atoms. The van der Waals surface area contributed by atoms with Crippen molar-refractivity contribution in [2.45, 2.75) is 55.4 Å². The molecule has 0 N–H and O–H groups in total. The number of sulfone groups is 1. The zero-order valence-electron chi connectivity index (χ0n) is 17.0. The third-order valence-corrected chi connectivity index (χ3v) is 9.12. The normalized spacial score (nSPS) is 18.6. The van der Waals surface area contributed by atoms with Crippen molar-refractivity contribution >= 4 is 26.5 Å². The van der Waals surface area contributed by atoms with Crippen molar-refractivity contribution in [2.24, 2.45) is 0 Å². The number of hydrogen-bond donors (Lipinski definition) is 0. The lowest BCUT2D eigenvalue weighted by molar-refractivity contribution is -0.134. The second-order valence-corrected chi connectivity index (χ2v) is 10.7. The molecule has 2 aromatic carbocycles. The molecular weight excluding hydrogens is 386 g/mol. The summed E-state index contributed by atoms with van der Waals surface area (Å²) in [6.45, 7) is 0.703. The van der Waals surface area contributed by atoms with E-state index < -0.39 is 9.84 Å². The number of benzene rings is 2. The molecule has 29 heavy (non-hydrogen) atoms. The fourth-order valence-electron chi connectivity index (χ4n) is 4.67. The van der Waals surface area contributed by atoms with E-state index in [-0.39, 0.29) is 16.4 Å². The Labute approximate surface area is 173 Å². The van der Waals surface area contributed by atoms with Gasteiger partial charge in [-0.25, -0.2) is 8.42 Å². The van der Waals surface area contributed by atoms with Crippen LogP contribution in [0.5, 0.6) is 5.75 Å². The fourth-order valence-corrected chi connectivity index (χ4v) is 6.98. The van der Waals surface area contributed by atoms with E-state index in [1.165, 1.54) is 0 Å². The quantitative estimate of drug-likeness (QED) is 0.721. The first-order valence-corrected chi connectivity index (χ1v) is 12.2. The molecule has 6 heteroatoms. The van der Waals surface area contributed by atoms with E-state index in [4.69, 9.17) is 4.74 Å². The van der Waals surface area contributed by atoms with E-state index in [2.05, 4.69) is 6.07 Å². The molecule has 0 unspecified atom stereocenters. The van der Waals surface area contributed by atoms with Gasteiger partial charge in [-0.2, -0.15) is 0 Å². The standard InChI is InChI=1S/C23H29NO4S/c1-28-22-13-11-17-7-5-6-10-20(17)21(22)12-14-23(25)24-15-19(16-24)29(26,27)18-8-3-2-4-9-18/h5-7,10-11,13,18-19H,2-4,8-9,12,14-16H2,1H3. The van der Waals surface area contributed by atoms with E-state index in [1.807, 2.05) is 30.3 Å². The van der Waals surface area contributed by atoms with E-state index >= 15 is 0 Å². The van der Waals surface area contributed by atoms with Crippen LogP contribution in [-0.4, -0.2) is 49.9 Å². The summed E-state index contributed by atoms with van der Waals surface area (Å²) in [5.74, 6) is 0.813. The average molecular weight is 416 g/mol. The number of hydrogen-bond acceptors (Lipinski definition) is 4. The van der Waals surface area contributed by atoms with Gasteiger partial charge in [-0.1, -0.05) is 49.6 Å². The van der Waals surface area contributed by atoms with Crippen LogP contribution in [0, 0.1) is 0 Å². The van der Waals surface area contributed by atoms with Crippen LogP contribution in [0.3, 0.4) is 0 Å². The van der Waals surface area contributed by atoms with Gasteiger partial charge in [0.05, 0.1) is 17.6 Å². The first kappa shape index (κ1) is 20.2. The number of rotatable bonds is 6. The Balaban J connectivity index is 1.38. The van der Waals surface area contributed by atoms with Gasteiger partial charge in [0.15, 0.2) is 9.84 Å². The molecule has 2 aromatic rings. The van der Waals surface area contributed by atoms with Gasteiger partial charge in [0.25, 0.3) is 0 Å². The molecule has 5 nitrogen and oxygen atoms in total. The van der Waals surface area contributed by atoms with Crippen LogP contribution in [-0.2, 0) is 21.1 Å². The Kier molecular flexibility index (Phi) is 5.81. The highest BCUT2D eigenvalue weighted by atomic mass is 32.2. The molecule has 1 heterocycles. The van der Waals surface area contributed by atoms with Gasteiger partial charge in [0, 0.05) is 25.1 Å². The van der Waals surface area contributed by atoms with Crippen molar-refractivity contribution in [1.29, 1.82) is 0 Å². The largest absolute Gasteiger partial charge is 0.496 e. The Hall–Kier alpha value is -2.08. The van der Waals surface area contributed by atoms with Crippen LogP contribution in [0.25, 0.3) is 10.8 Å². The van der Waals surface area contributed by atoms with Crippen LogP contribution in [0.2, 0.25) is 0 Å². The minimum absolute atomic E-state index is 0.0232. The van der Waals surface area contributed by atoms with E-state index in [0.717, 1.165) is 54.2 Å². The number of methoxy groups -OCH3 is 1. The van der Waals surface area contributed by atoms with Crippen molar-refractivity contribution in [3.63, 3.8) is 0 Å². The van der Waals surface area contributed by atoms with E-state index in [0.29, 0.717) is 25.9 Å². The predicted octanol–water partition coefficient (Wildman–Crippen LogP) is 3.74. The SMILES string of the molecule is COc1ccc2ccccc2c1CCC(=O)N1CC(S(=O)(=O)C2CCCCC2)C1. The number of nitrogens with zero attached hydrogens (tertiary/aromatic N) is 1. The summed E-state index contributed by atoms with van der Waals surface area (Å²) < 4.78 is 31.1. The third kappa shape index (κ3) is 4.00. The zero-order chi connectivity index (χ0) is 20.4. The van der Waals surface area contributed by atoms with Crippen molar-refractivity contribution in [1.82, 2.24) is 4.90 Å². The molecule has 2 aliphatic rings. The highest BCUT2D eigenvalue weighted by molar-refractivity contribution is 7.92. The minimum Gasteiger partial charge on any atom is -0.496 e. The molecule has 0 radical (unpaired) electrons. The second kappa shape index (κ2) is 8.34. The molecule has 4 rings (SSSR count). The van der Waals surface area contributed by atoms with Gasteiger partial charge in [0.2, 0.25) is 5.91 Å². The number of fused-ring (bicyclic) bond motifs is 1. The number of ether oxygens (including phenoxy) is 1. The number of carbonyl (C=O) groups is 1. The van der Waals surface area contributed by atoms with Crippen LogP contribution in [0.15, 0.2) is 36.4 Å². The molecule has 1 saturated carbocycles. The van der Waals surface area contributed by atoms with Crippen LogP contribution < -0.4 is 4.74 Å². The number of carbonyl (C=O) groups excluding carboxylic acids is 1. The Morgan fingerprint density at radius 3 is 2.48 bits per heavy atom. The second-order valence-electron chi connectivity index (χ2n) is 8.24. The fraction of sp³-hybridized carbons (Fsp3) is 0.522. The van der Waals surface area contributed by atoms with Crippen molar-refractivity contribution in [3.05, 3.63) is 42.0 Å². The monoisotopic (exact) mass is 415 g/mol. The summed E-state index contributed by atoms with van der Waals surface area (Å²) in [6, 6.07) is 12.1. The summed E-state index contributed by atoms with van der Waals surface area (Å²) in [7, 11) is -1.47. The predicted molar refractivity (Wildman–Crippen MR) is 115 cm³/mol. The average Bonchev–Trinajstić information content (AvgIpc) is 2.71. The van der Waals surface area contributed by atoms with E-state index in [1.54, 1.807) is 12.0 Å². The molecule has 0 bridgehead atoms. The number of aryl methyl sites for hydroxylation is 1. The van der Waals surface area contributed by atoms with Crippen molar-refractivity contribution in [2.75, 3.05) is 20.2 Å². The molecule has 1 saturated heterocycles. The Morgan fingerprint density at radius 2 is 1.76 bits per heavy atom. The maximum Gasteiger partial charge on any atom is 0.222 e. The van der Waals surface area contributed by atoms with Gasteiger partial charge < -0.3 is 9.64 Å². The summed E-state index contributed by atoms with van der Waals surface area (Å²) in [5.41, 5.74) is 1.03. The maximum atomic E-state index is 12.8. The first-order valence-electron chi connectivity index (χ1n) is 10.6. The van der Waals surface area contributed by atoms with Crippen molar-refractivity contribution in [3.8, 4) is 5.75 Å². The Bertz CT molecular complexity index is 989. The molecule has 2 fully saturated rings. The summed E-state index contributed by atoms with van der Waals surface area (Å²) >= 11 is 0. The maximum absolute atomic E-state index is 12.8. The van der Waals surface area contributed by atoms with Gasteiger partial charge in [-0.15, -0.1) is 0 Å². The molecular formula is C23H29NO4S. The molecule has 0 atom stereocenters. The van der Waals surface area contributed by atoms with Gasteiger partial charge in [-0.3, -0.25) is 4.79 Å². The third-order valence-electron chi connectivity index (χ3n) is 6.49. The molecule has 1 amide bonds. The van der Waals surface area contributed by atoms with E-state index in [9.17, 15) is 13.2 Å². The van der Waals surface area contributed by atoms with Gasteiger partial charge in [-0.05, 0) is 36.1 Å². The minimum atomic E-state index is -3.11. The van der Waals surface area contributed by atoms with Gasteiger partial charge in [0.1, 0.15) is 5.75 Å². The lowest BCUT2D eigenvalue weighted by Crippen LogP contribution is -2.58. The smallest absolute Gasteiger partial charge is 0.222 e. The summed E-state index contributed by atoms with van der Waals surface area (Å²) in [4.78, 5) is 14.4. The van der Waals surface area contributed by atoms with Crippen LogP contribution >= 0.6 is 0 Å². The summed E-state index contributed by atoms with van der Waals surface area (Å²) in [6.07, 6.45) is 5.67. The topological polar surface area (TPSA) is 63.7 Å². The van der Waals surface area contributed by atoms with Gasteiger partial charge >= 0.3 is 0 Å². The molecule has 1 aliphatic carbocycles. The van der Waals surface area contributed by atoms with Crippen LogP contribution in [0.4, 0.5) is 0 Å². The van der Waals surface area contributed by atoms with Crippen LogP contribution in [0.1, 0.15) is 44.1 Å². The Morgan fingerprint density at radius 1 is 1.03 bits per heavy atom. The highest BCUT2D eigenvalue weighted by Gasteiger charge is 2.43. The number of likely N-dealkylation sites (tertiary alicyclic amines) is 1. The lowest BCUT2D eigenvalue weighted by Gasteiger charge is -2.41. The highest BCUT2D eigenvalue weighted by Crippen LogP contribution is 2.32.